The number of nitrogens with zero attached hydrogens (tertiary/aromatic N) is 2. The summed E-state index contributed by atoms with van der Waals surface area (Å²) in [6, 6.07) is 16.5. The third kappa shape index (κ3) is 3.98. The Morgan fingerprint density at radius 1 is 1.22 bits per heavy atom. The van der Waals surface area contributed by atoms with Crippen LogP contribution in [0.25, 0.3) is 0 Å². The Morgan fingerprint density at radius 3 is 2.56 bits per heavy atom. The summed E-state index contributed by atoms with van der Waals surface area (Å²) in [6.45, 7) is 4.10. The van der Waals surface area contributed by atoms with Gasteiger partial charge in [-0.2, -0.15) is 5.26 Å². The number of morpholine rings is 1. The van der Waals surface area contributed by atoms with E-state index >= 15 is 0 Å². The van der Waals surface area contributed by atoms with Gasteiger partial charge in [0.2, 0.25) is 6.04 Å². The SMILES string of the molecule is Cc1ccccc1C(=O)OCC(C#N)[N+]1(c2ccccc2Cl)CCOCC1. The number of hydrogen-bond donors (Lipinski definition) is 0. The number of quaternary nitrogens is 1. The van der Waals surface area contributed by atoms with Crippen LogP contribution >= 0.6 is 11.6 Å². The van der Waals surface area contributed by atoms with Gasteiger partial charge in [-0.1, -0.05) is 41.9 Å². The molecule has 1 fully saturated rings. The Hall–Kier alpha value is -2.39. The molecule has 0 amide bonds. The summed E-state index contributed by atoms with van der Waals surface area (Å²) in [5, 5.41) is 10.5. The van der Waals surface area contributed by atoms with Crippen molar-refractivity contribution >= 4 is 23.3 Å². The lowest BCUT2D eigenvalue weighted by molar-refractivity contribution is 0.00899. The van der Waals surface area contributed by atoms with Crippen LogP contribution in [0.3, 0.4) is 0 Å². The van der Waals surface area contributed by atoms with E-state index in [2.05, 4.69) is 6.07 Å². The maximum Gasteiger partial charge on any atom is 0.338 e. The van der Waals surface area contributed by atoms with Crippen molar-refractivity contribution in [3.63, 3.8) is 0 Å². The van der Waals surface area contributed by atoms with Crippen LogP contribution in [-0.2, 0) is 9.47 Å². The average molecular weight is 386 g/mol. The van der Waals surface area contributed by atoms with Crippen LogP contribution in [-0.4, -0.2) is 44.9 Å². The molecule has 1 aliphatic rings. The molecule has 5 nitrogen and oxygen atoms in total. The Kier molecular flexibility index (Phi) is 6.12. The van der Waals surface area contributed by atoms with Gasteiger partial charge in [-0.15, -0.1) is 0 Å². The molecular formula is C21H22ClN2O3+. The Balaban J connectivity index is 1.85. The standard InChI is InChI=1S/C21H22ClN2O3/c1-16-6-2-3-7-18(16)21(25)27-15-17(14-23)24(10-12-26-13-11-24)20-9-5-4-8-19(20)22/h2-9,17H,10-13,15H2,1H3/q+1. The molecule has 1 heterocycles. The topological polar surface area (TPSA) is 59.3 Å². The minimum atomic E-state index is -0.568. The smallest absolute Gasteiger partial charge is 0.338 e. The molecule has 2 aromatic carbocycles. The zero-order valence-electron chi connectivity index (χ0n) is 15.2. The minimum absolute atomic E-state index is 0.00507. The van der Waals surface area contributed by atoms with Crippen LogP contribution in [0.1, 0.15) is 15.9 Å². The number of para-hydroxylation sites is 1. The van der Waals surface area contributed by atoms with E-state index in [4.69, 9.17) is 21.1 Å². The number of benzene rings is 2. The van der Waals surface area contributed by atoms with Crippen LogP contribution in [0.4, 0.5) is 5.69 Å². The van der Waals surface area contributed by atoms with E-state index in [-0.39, 0.29) is 6.61 Å². The van der Waals surface area contributed by atoms with Gasteiger partial charge in [0.25, 0.3) is 0 Å². The monoisotopic (exact) mass is 385 g/mol. The molecule has 1 unspecified atom stereocenters. The third-order valence-corrected chi connectivity index (χ3v) is 5.40. The largest absolute Gasteiger partial charge is 0.454 e. The second kappa shape index (κ2) is 8.53. The molecule has 6 heteroatoms. The second-order valence-electron chi connectivity index (χ2n) is 6.60. The van der Waals surface area contributed by atoms with Crippen molar-refractivity contribution in [3.8, 4) is 6.07 Å². The summed E-state index contributed by atoms with van der Waals surface area (Å²) in [4.78, 5) is 12.5. The number of carbonyl (C=O) groups is 1. The predicted molar refractivity (Wildman–Crippen MR) is 105 cm³/mol. The summed E-state index contributed by atoms with van der Waals surface area (Å²) in [7, 11) is 0. The molecule has 2 aromatic rings. The van der Waals surface area contributed by atoms with Gasteiger partial charge in [-0.3, -0.25) is 4.48 Å². The van der Waals surface area contributed by atoms with Crippen molar-refractivity contribution in [1.29, 1.82) is 5.26 Å². The molecule has 27 heavy (non-hydrogen) atoms. The van der Waals surface area contributed by atoms with Crippen molar-refractivity contribution in [2.45, 2.75) is 13.0 Å². The number of carbonyl (C=O) groups excluding carboxylic acids is 1. The van der Waals surface area contributed by atoms with Crippen molar-refractivity contribution in [1.82, 2.24) is 4.48 Å². The molecule has 3 rings (SSSR count). The summed E-state index contributed by atoms with van der Waals surface area (Å²) in [5.74, 6) is -0.418. The molecule has 1 aliphatic heterocycles. The normalized spacial score (nSPS) is 16.9. The summed E-state index contributed by atoms with van der Waals surface area (Å²) < 4.78 is 11.4. The first-order valence-electron chi connectivity index (χ1n) is 8.90. The van der Waals surface area contributed by atoms with Crippen LogP contribution < -0.4 is 4.48 Å². The molecule has 0 radical (unpaired) electrons. The number of ether oxygens (including phenoxy) is 2. The average Bonchev–Trinajstić information content (AvgIpc) is 2.69. The number of hydrogen-bond acceptors (Lipinski definition) is 4. The van der Waals surface area contributed by atoms with Gasteiger partial charge in [0, 0.05) is 6.07 Å². The van der Waals surface area contributed by atoms with E-state index < -0.39 is 12.0 Å². The highest BCUT2D eigenvalue weighted by atomic mass is 35.5. The van der Waals surface area contributed by atoms with Crippen LogP contribution in [0.2, 0.25) is 5.02 Å². The van der Waals surface area contributed by atoms with E-state index in [0.29, 0.717) is 41.4 Å². The zero-order valence-corrected chi connectivity index (χ0v) is 16.0. The van der Waals surface area contributed by atoms with Gasteiger partial charge in [-0.25, -0.2) is 4.79 Å². The summed E-state index contributed by atoms with van der Waals surface area (Å²) >= 11 is 6.45. The number of rotatable bonds is 5. The van der Waals surface area contributed by atoms with E-state index in [1.807, 2.05) is 43.3 Å². The van der Waals surface area contributed by atoms with Crippen LogP contribution in [0, 0.1) is 18.3 Å². The maximum absolute atomic E-state index is 12.5. The Morgan fingerprint density at radius 2 is 1.89 bits per heavy atom. The molecule has 1 atom stereocenters. The quantitative estimate of drug-likeness (QED) is 0.581. The number of nitriles is 1. The van der Waals surface area contributed by atoms with Gasteiger partial charge in [0.05, 0.1) is 18.8 Å². The lowest BCUT2D eigenvalue weighted by atomic mass is 10.1. The van der Waals surface area contributed by atoms with Gasteiger partial charge in [0.1, 0.15) is 24.2 Å². The Bertz CT molecular complexity index is 857. The van der Waals surface area contributed by atoms with Gasteiger partial charge in [-0.05, 0) is 24.6 Å². The summed E-state index contributed by atoms with van der Waals surface area (Å²) in [5.41, 5.74) is 2.22. The number of halogens is 1. The number of esters is 1. The van der Waals surface area contributed by atoms with Gasteiger partial charge < -0.3 is 9.47 Å². The summed E-state index contributed by atoms with van der Waals surface area (Å²) in [6.07, 6.45) is 0. The lowest BCUT2D eigenvalue weighted by Crippen LogP contribution is -2.63. The van der Waals surface area contributed by atoms with Crippen molar-refractivity contribution in [3.05, 3.63) is 64.7 Å². The molecule has 0 spiro atoms. The van der Waals surface area contributed by atoms with E-state index in [9.17, 15) is 10.1 Å². The van der Waals surface area contributed by atoms with Gasteiger partial charge >= 0.3 is 5.97 Å². The molecule has 0 aliphatic carbocycles. The number of aryl methyl sites for hydroxylation is 1. The van der Waals surface area contributed by atoms with E-state index in [1.165, 1.54) is 0 Å². The molecule has 0 saturated carbocycles. The fourth-order valence-electron chi connectivity index (χ4n) is 3.53. The molecule has 1 saturated heterocycles. The van der Waals surface area contributed by atoms with E-state index in [0.717, 1.165) is 11.3 Å². The van der Waals surface area contributed by atoms with Crippen molar-refractivity contribution in [2.75, 3.05) is 32.9 Å². The second-order valence-corrected chi connectivity index (χ2v) is 7.01. The lowest BCUT2D eigenvalue weighted by Gasteiger charge is -2.43. The van der Waals surface area contributed by atoms with Gasteiger partial charge in [0.15, 0.2) is 12.3 Å². The van der Waals surface area contributed by atoms with E-state index in [1.54, 1.807) is 12.1 Å². The van der Waals surface area contributed by atoms with Crippen molar-refractivity contribution in [2.24, 2.45) is 0 Å². The zero-order chi connectivity index (χ0) is 19.3. The molecular weight excluding hydrogens is 364 g/mol. The third-order valence-electron chi connectivity index (χ3n) is 5.08. The fourth-order valence-corrected chi connectivity index (χ4v) is 3.83. The molecule has 140 valence electrons. The fraction of sp³-hybridized carbons (Fsp3) is 0.333. The highest BCUT2D eigenvalue weighted by Crippen LogP contribution is 2.35. The maximum atomic E-state index is 12.5. The Labute approximate surface area is 164 Å². The minimum Gasteiger partial charge on any atom is -0.454 e. The van der Waals surface area contributed by atoms with Crippen molar-refractivity contribution < 1.29 is 14.3 Å². The first-order chi connectivity index (χ1) is 13.1. The molecule has 0 N–H and O–H groups in total. The van der Waals surface area contributed by atoms with Crippen LogP contribution in [0.15, 0.2) is 48.5 Å². The van der Waals surface area contributed by atoms with Crippen LogP contribution in [0.5, 0.6) is 0 Å². The first kappa shape index (κ1) is 19.4. The predicted octanol–water partition coefficient (Wildman–Crippen LogP) is 3.74. The highest BCUT2D eigenvalue weighted by Gasteiger charge is 2.43. The molecule has 0 aromatic heterocycles. The first-order valence-corrected chi connectivity index (χ1v) is 9.28. The highest BCUT2D eigenvalue weighted by molar-refractivity contribution is 6.33. The molecule has 0 bridgehead atoms.